The average molecular weight is 414 g/mol. The number of nitrogens with one attached hydrogen (secondary N) is 2. The Hall–Kier alpha value is -2.68. The second-order valence-electron chi connectivity index (χ2n) is 6.59. The summed E-state index contributed by atoms with van der Waals surface area (Å²) in [7, 11) is 0. The lowest BCUT2D eigenvalue weighted by Gasteiger charge is -2.21. The van der Waals surface area contributed by atoms with Crippen LogP contribution in [0.5, 0.6) is 0 Å². The van der Waals surface area contributed by atoms with Crippen LogP contribution < -0.4 is 10.6 Å². The molecular weight excluding hydrogens is 393 g/mol. The highest BCUT2D eigenvalue weighted by Gasteiger charge is 2.47. The molecule has 0 saturated carbocycles. The highest BCUT2D eigenvalue weighted by atomic mass is 35.5. The number of hydrogen-bond acceptors (Lipinski definition) is 5. The summed E-state index contributed by atoms with van der Waals surface area (Å²) in [5.74, 6) is -2.95. The SMILES string of the molecule is CCCC[C@]1(C)NC(=O)N(CC(=O)OCC(=O)Nc2cc(Cl)ccc2F)C1=O. The second-order valence-corrected chi connectivity index (χ2v) is 7.03. The van der Waals surface area contributed by atoms with E-state index in [2.05, 4.69) is 10.6 Å². The molecule has 1 aliphatic rings. The van der Waals surface area contributed by atoms with Crippen molar-refractivity contribution in [3.8, 4) is 0 Å². The molecular formula is C18H21ClFN3O5. The van der Waals surface area contributed by atoms with Crippen molar-refractivity contribution in [2.24, 2.45) is 0 Å². The summed E-state index contributed by atoms with van der Waals surface area (Å²) < 4.78 is 18.4. The smallest absolute Gasteiger partial charge is 0.326 e. The Bertz CT molecular complexity index is 803. The number of carbonyl (C=O) groups excluding carboxylic acids is 4. The number of amides is 4. The normalized spacial score (nSPS) is 18.8. The quantitative estimate of drug-likeness (QED) is 0.503. The highest BCUT2D eigenvalue weighted by Crippen LogP contribution is 2.23. The van der Waals surface area contributed by atoms with Crippen molar-refractivity contribution in [3.05, 3.63) is 29.0 Å². The molecule has 8 nitrogen and oxygen atoms in total. The molecule has 0 spiro atoms. The maximum atomic E-state index is 13.6. The Morgan fingerprint density at radius 3 is 2.75 bits per heavy atom. The Kier molecular flexibility index (Phi) is 6.95. The van der Waals surface area contributed by atoms with Crippen molar-refractivity contribution in [2.75, 3.05) is 18.5 Å². The van der Waals surface area contributed by atoms with Crippen LogP contribution in [0, 0.1) is 5.82 Å². The van der Waals surface area contributed by atoms with E-state index in [4.69, 9.17) is 16.3 Å². The summed E-state index contributed by atoms with van der Waals surface area (Å²) in [5.41, 5.74) is -1.22. The molecule has 0 aromatic heterocycles. The fourth-order valence-electron chi connectivity index (χ4n) is 2.69. The minimum atomic E-state index is -1.06. The second kappa shape index (κ2) is 9.01. The maximum absolute atomic E-state index is 13.6. The molecule has 0 unspecified atom stereocenters. The first-order valence-corrected chi connectivity index (χ1v) is 9.08. The highest BCUT2D eigenvalue weighted by molar-refractivity contribution is 6.30. The first-order valence-electron chi connectivity index (χ1n) is 8.71. The van der Waals surface area contributed by atoms with Gasteiger partial charge in [-0.05, 0) is 31.5 Å². The van der Waals surface area contributed by atoms with E-state index >= 15 is 0 Å². The molecule has 1 fully saturated rings. The van der Waals surface area contributed by atoms with E-state index < -0.39 is 48.3 Å². The molecule has 2 N–H and O–H groups in total. The number of halogens is 2. The van der Waals surface area contributed by atoms with Crippen LogP contribution >= 0.6 is 11.6 Å². The van der Waals surface area contributed by atoms with E-state index in [9.17, 15) is 23.6 Å². The van der Waals surface area contributed by atoms with Gasteiger partial charge in [-0.25, -0.2) is 9.18 Å². The molecule has 28 heavy (non-hydrogen) atoms. The van der Waals surface area contributed by atoms with Gasteiger partial charge in [-0.1, -0.05) is 31.4 Å². The van der Waals surface area contributed by atoms with Gasteiger partial charge in [0.2, 0.25) is 0 Å². The van der Waals surface area contributed by atoms with Gasteiger partial charge in [0, 0.05) is 5.02 Å². The van der Waals surface area contributed by atoms with Crippen LogP contribution in [-0.2, 0) is 19.1 Å². The number of unbranched alkanes of at least 4 members (excludes halogenated alkanes) is 1. The van der Waals surface area contributed by atoms with Crippen LogP contribution in [0.3, 0.4) is 0 Å². The minimum absolute atomic E-state index is 0.158. The molecule has 1 saturated heterocycles. The van der Waals surface area contributed by atoms with E-state index in [0.29, 0.717) is 6.42 Å². The number of esters is 1. The number of nitrogens with zero attached hydrogens (tertiary/aromatic N) is 1. The molecule has 1 aromatic carbocycles. The van der Waals surface area contributed by atoms with Crippen molar-refractivity contribution >= 4 is 41.1 Å². The van der Waals surface area contributed by atoms with Gasteiger partial charge in [-0.2, -0.15) is 0 Å². The van der Waals surface area contributed by atoms with Crippen LogP contribution in [0.2, 0.25) is 5.02 Å². The Labute approximate surface area is 166 Å². The summed E-state index contributed by atoms with van der Waals surface area (Å²) in [6, 6.07) is 2.92. The Balaban J connectivity index is 1.86. The lowest BCUT2D eigenvalue weighted by Crippen LogP contribution is -2.44. The van der Waals surface area contributed by atoms with Gasteiger partial charge in [-0.3, -0.25) is 19.3 Å². The molecule has 1 atom stereocenters. The third kappa shape index (κ3) is 5.19. The molecule has 2 rings (SSSR count). The Morgan fingerprint density at radius 2 is 2.07 bits per heavy atom. The van der Waals surface area contributed by atoms with E-state index in [-0.39, 0.29) is 10.7 Å². The van der Waals surface area contributed by atoms with Gasteiger partial charge in [0.1, 0.15) is 17.9 Å². The largest absolute Gasteiger partial charge is 0.454 e. The number of carbonyl (C=O) groups is 4. The van der Waals surface area contributed by atoms with Crippen molar-refractivity contribution in [1.29, 1.82) is 0 Å². The molecule has 10 heteroatoms. The van der Waals surface area contributed by atoms with Crippen molar-refractivity contribution in [2.45, 2.75) is 38.6 Å². The van der Waals surface area contributed by atoms with E-state index in [1.165, 1.54) is 12.1 Å². The summed E-state index contributed by atoms with van der Waals surface area (Å²) in [5, 5.41) is 5.01. The van der Waals surface area contributed by atoms with Gasteiger partial charge in [0.25, 0.3) is 11.8 Å². The van der Waals surface area contributed by atoms with Gasteiger partial charge >= 0.3 is 12.0 Å². The van der Waals surface area contributed by atoms with Crippen LogP contribution in [0.15, 0.2) is 18.2 Å². The molecule has 0 bridgehead atoms. The number of rotatable bonds is 8. The van der Waals surface area contributed by atoms with Crippen LogP contribution in [0.4, 0.5) is 14.9 Å². The number of anilines is 1. The molecule has 0 aliphatic carbocycles. The predicted molar refractivity (Wildman–Crippen MR) is 99.2 cm³/mol. The fraction of sp³-hybridized carbons (Fsp3) is 0.444. The lowest BCUT2D eigenvalue weighted by molar-refractivity contribution is -0.150. The maximum Gasteiger partial charge on any atom is 0.326 e. The first-order chi connectivity index (χ1) is 13.2. The number of imide groups is 1. The molecule has 1 heterocycles. The topological polar surface area (TPSA) is 105 Å². The predicted octanol–water partition coefficient (Wildman–Crippen LogP) is 2.46. The fourth-order valence-corrected chi connectivity index (χ4v) is 2.86. The molecule has 1 aliphatic heterocycles. The average Bonchev–Trinajstić information content (AvgIpc) is 2.85. The molecule has 152 valence electrons. The van der Waals surface area contributed by atoms with Gasteiger partial charge in [0.15, 0.2) is 6.61 Å². The van der Waals surface area contributed by atoms with E-state index in [0.717, 1.165) is 23.8 Å². The van der Waals surface area contributed by atoms with Gasteiger partial charge in [-0.15, -0.1) is 0 Å². The van der Waals surface area contributed by atoms with Crippen LogP contribution in [0.25, 0.3) is 0 Å². The zero-order valence-electron chi connectivity index (χ0n) is 15.5. The minimum Gasteiger partial charge on any atom is -0.454 e. The van der Waals surface area contributed by atoms with Crippen LogP contribution in [-0.4, -0.2) is 47.4 Å². The van der Waals surface area contributed by atoms with Crippen molar-refractivity contribution in [3.63, 3.8) is 0 Å². The number of ether oxygens (including phenoxy) is 1. The lowest BCUT2D eigenvalue weighted by atomic mass is 9.95. The number of urea groups is 1. The summed E-state index contributed by atoms with van der Waals surface area (Å²) in [6.45, 7) is 2.23. The Morgan fingerprint density at radius 1 is 1.36 bits per heavy atom. The van der Waals surface area contributed by atoms with Crippen molar-refractivity contribution in [1.82, 2.24) is 10.2 Å². The number of benzene rings is 1. The van der Waals surface area contributed by atoms with Gasteiger partial charge < -0.3 is 15.4 Å². The molecule has 0 radical (unpaired) electrons. The number of hydrogen-bond donors (Lipinski definition) is 2. The first kappa shape index (κ1) is 21.6. The van der Waals surface area contributed by atoms with Crippen molar-refractivity contribution < 1.29 is 28.3 Å². The summed E-state index contributed by atoms with van der Waals surface area (Å²) in [4.78, 5) is 48.9. The van der Waals surface area contributed by atoms with E-state index in [1.807, 2.05) is 6.92 Å². The molecule has 4 amide bonds. The third-order valence-corrected chi connectivity index (χ3v) is 4.46. The zero-order chi connectivity index (χ0) is 20.9. The summed E-state index contributed by atoms with van der Waals surface area (Å²) >= 11 is 5.73. The third-order valence-electron chi connectivity index (χ3n) is 4.23. The monoisotopic (exact) mass is 413 g/mol. The van der Waals surface area contributed by atoms with Gasteiger partial charge in [0.05, 0.1) is 5.69 Å². The molecule has 1 aromatic rings. The van der Waals surface area contributed by atoms with Crippen LogP contribution in [0.1, 0.15) is 33.1 Å². The zero-order valence-corrected chi connectivity index (χ0v) is 16.3. The standard InChI is InChI=1S/C18H21ClFN3O5/c1-3-4-7-18(2)16(26)23(17(27)22-18)9-15(25)28-10-14(24)21-13-8-11(19)5-6-12(13)20/h5-6,8H,3-4,7,9-10H2,1-2H3,(H,21,24)(H,22,27)/t18-/m0/s1. The van der Waals surface area contributed by atoms with E-state index in [1.54, 1.807) is 6.92 Å². The summed E-state index contributed by atoms with van der Waals surface area (Å²) in [6.07, 6.45) is 2.04.